The van der Waals surface area contributed by atoms with Crippen molar-refractivity contribution in [2.45, 2.75) is 30.7 Å². The van der Waals surface area contributed by atoms with Gasteiger partial charge in [0.05, 0.1) is 6.54 Å². The van der Waals surface area contributed by atoms with Crippen LogP contribution in [0.4, 0.5) is 0 Å². The summed E-state index contributed by atoms with van der Waals surface area (Å²) in [6.45, 7) is 3.67. The summed E-state index contributed by atoms with van der Waals surface area (Å²) in [4.78, 5) is 12.8. The van der Waals surface area contributed by atoms with Gasteiger partial charge in [-0.15, -0.1) is 11.3 Å². The van der Waals surface area contributed by atoms with Gasteiger partial charge in [0.15, 0.2) is 6.10 Å². The fourth-order valence-corrected chi connectivity index (χ4v) is 3.86. The second-order valence-corrected chi connectivity index (χ2v) is 8.55. The van der Waals surface area contributed by atoms with Gasteiger partial charge in [-0.25, -0.2) is 13.6 Å². The van der Waals surface area contributed by atoms with Crippen molar-refractivity contribution >= 4 is 38.9 Å². The Bertz CT molecular complexity index is 849. The first-order chi connectivity index (χ1) is 11.2. The van der Waals surface area contributed by atoms with E-state index in [4.69, 9.17) is 21.5 Å². The Hall–Kier alpha value is -1.61. The monoisotopic (exact) mass is 388 g/mol. The molecule has 1 unspecified atom stereocenters. The molecule has 2 aromatic rings. The molecule has 24 heavy (non-hydrogen) atoms. The summed E-state index contributed by atoms with van der Waals surface area (Å²) in [5, 5.41) is 8.35. The fraction of sp³-hybridized carbons (Fsp3) is 0.267. The summed E-state index contributed by atoms with van der Waals surface area (Å²) < 4.78 is 28.1. The van der Waals surface area contributed by atoms with Crippen molar-refractivity contribution in [2.75, 3.05) is 0 Å². The number of primary sulfonamides is 1. The van der Waals surface area contributed by atoms with Crippen LogP contribution in [0.3, 0.4) is 0 Å². The molecule has 0 aliphatic rings. The van der Waals surface area contributed by atoms with Gasteiger partial charge in [0, 0.05) is 9.90 Å². The highest BCUT2D eigenvalue weighted by molar-refractivity contribution is 7.91. The number of sulfonamides is 1. The lowest BCUT2D eigenvalue weighted by Gasteiger charge is -2.16. The van der Waals surface area contributed by atoms with E-state index in [-0.39, 0.29) is 16.7 Å². The highest BCUT2D eigenvalue weighted by Gasteiger charge is 2.17. The summed E-state index contributed by atoms with van der Waals surface area (Å²) in [6.07, 6.45) is -0.706. The number of aryl methyl sites for hydroxylation is 1. The zero-order valence-corrected chi connectivity index (χ0v) is 15.5. The highest BCUT2D eigenvalue weighted by atomic mass is 35.5. The van der Waals surface area contributed by atoms with Crippen molar-refractivity contribution in [1.82, 2.24) is 5.32 Å². The van der Waals surface area contributed by atoms with Crippen LogP contribution in [0, 0.1) is 6.92 Å². The molecule has 0 saturated heterocycles. The van der Waals surface area contributed by atoms with Crippen molar-refractivity contribution in [2.24, 2.45) is 5.14 Å². The SMILES string of the molecule is Cc1cc(Cl)ccc1OC(C)C(=O)NCc1ccc(S(N)(=O)=O)s1. The van der Waals surface area contributed by atoms with Crippen LogP contribution in [0.2, 0.25) is 5.02 Å². The van der Waals surface area contributed by atoms with Crippen molar-refractivity contribution in [3.05, 3.63) is 45.8 Å². The smallest absolute Gasteiger partial charge is 0.261 e. The topological polar surface area (TPSA) is 98.5 Å². The van der Waals surface area contributed by atoms with Crippen molar-refractivity contribution in [3.63, 3.8) is 0 Å². The van der Waals surface area contributed by atoms with Gasteiger partial charge in [-0.1, -0.05) is 11.6 Å². The molecule has 1 aromatic carbocycles. The van der Waals surface area contributed by atoms with Gasteiger partial charge in [0.25, 0.3) is 5.91 Å². The average Bonchev–Trinajstić information content (AvgIpc) is 2.96. The number of hydrogen-bond donors (Lipinski definition) is 2. The fourth-order valence-electron chi connectivity index (χ4n) is 1.91. The van der Waals surface area contributed by atoms with Gasteiger partial charge in [-0.05, 0) is 49.7 Å². The van der Waals surface area contributed by atoms with Gasteiger partial charge in [-0.2, -0.15) is 0 Å². The van der Waals surface area contributed by atoms with Crippen LogP contribution in [0.15, 0.2) is 34.5 Å². The molecule has 3 N–H and O–H groups in total. The zero-order valence-electron chi connectivity index (χ0n) is 13.1. The third-order valence-corrected chi connectivity index (χ3v) is 5.92. The lowest BCUT2D eigenvalue weighted by atomic mass is 10.2. The molecule has 0 aliphatic carbocycles. The molecule has 0 bridgehead atoms. The summed E-state index contributed by atoms with van der Waals surface area (Å²) in [7, 11) is -3.72. The van der Waals surface area contributed by atoms with Crippen molar-refractivity contribution < 1.29 is 17.9 Å². The van der Waals surface area contributed by atoms with Crippen LogP contribution >= 0.6 is 22.9 Å². The highest BCUT2D eigenvalue weighted by Crippen LogP contribution is 2.23. The van der Waals surface area contributed by atoms with Crippen LogP contribution in [0.1, 0.15) is 17.4 Å². The molecule has 9 heteroatoms. The van der Waals surface area contributed by atoms with Crippen LogP contribution in [-0.2, 0) is 21.4 Å². The maximum Gasteiger partial charge on any atom is 0.261 e. The van der Waals surface area contributed by atoms with Crippen LogP contribution < -0.4 is 15.2 Å². The minimum atomic E-state index is -3.72. The molecule has 1 aromatic heterocycles. The Morgan fingerprint density at radius 2 is 2.08 bits per heavy atom. The van der Waals surface area contributed by atoms with E-state index < -0.39 is 16.1 Å². The summed E-state index contributed by atoms with van der Waals surface area (Å²) in [5.74, 6) is 0.268. The minimum absolute atomic E-state index is 0.0628. The summed E-state index contributed by atoms with van der Waals surface area (Å²) in [5.41, 5.74) is 0.832. The number of amides is 1. The lowest BCUT2D eigenvalue weighted by molar-refractivity contribution is -0.127. The number of rotatable bonds is 6. The van der Waals surface area contributed by atoms with E-state index in [1.54, 1.807) is 31.2 Å². The standard InChI is InChI=1S/C15H17ClN2O4S2/c1-9-7-11(16)3-5-13(9)22-10(2)15(19)18-8-12-4-6-14(23-12)24(17,20)21/h3-7,10H,8H2,1-2H3,(H,18,19)(H2,17,20,21). The molecule has 1 atom stereocenters. The van der Waals surface area contributed by atoms with E-state index in [2.05, 4.69) is 5.32 Å². The third-order valence-electron chi connectivity index (χ3n) is 3.16. The number of ether oxygens (including phenoxy) is 1. The first-order valence-electron chi connectivity index (χ1n) is 6.99. The van der Waals surface area contributed by atoms with Crippen LogP contribution in [0.5, 0.6) is 5.75 Å². The van der Waals surface area contributed by atoms with Gasteiger partial charge in [-0.3, -0.25) is 4.79 Å². The van der Waals surface area contributed by atoms with Gasteiger partial charge in [0.2, 0.25) is 10.0 Å². The maximum absolute atomic E-state index is 12.1. The van der Waals surface area contributed by atoms with Crippen molar-refractivity contribution in [3.8, 4) is 5.75 Å². The second kappa shape index (κ2) is 7.52. The van der Waals surface area contributed by atoms with E-state index in [0.29, 0.717) is 15.6 Å². The van der Waals surface area contributed by atoms with E-state index >= 15 is 0 Å². The normalized spacial score (nSPS) is 12.7. The third kappa shape index (κ3) is 4.94. The maximum atomic E-state index is 12.1. The van der Waals surface area contributed by atoms with Gasteiger partial charge < -0.3 is 10.1 Å². The number of thiophene rings is 1. The molecule has 2 rings (SSSR count). The lowest BCUT2D eigenvalue weighted by Crippen LogP contribution is -2.35. The zero-order chi connectivity index (χ0) is 17.9. The Morgan fingerprint density at radius 1 is 1.38 bits per heavy atom. The molecule has 1 amide bonds. The van der Waals surface area contributed by atoms with Crippen molar-refractivity contribution in [1.29, 1.82) is 0 Å². The molecule has 0 saturated carbocycles. The largest absolute Gasteiger partial charge is 0.481 e. The first-order valence-corrected chi connectivity index (χ1v) is 9.73. The average molecular weight is 389 g/mol. The molecule has 130 valence electrons. The Kier molecular flexibility index (Phi) is 5.87. The molecule has 0 radical (unpaired) electrons. The Balaban J connectivity index is 1.93. The van der Waals surface area contributed by atoms with E-state index in [0.717, 1.165) is 16.9 Å². The molecule has 0 aliphatic heterocycles. The molecule has 6 nitrogen and oxygen atoms in total. The number of carbonyl (C=O) groups is 1. The predicted molar refractivity (Wildman–Crippen MR) is 93.8 cm³/mol. The van der Waals surface area contributed by atoms with Crippen LogP contribution in [-0.4, -0.2) is 20.4 Å². The molecular formula is C15H17ClN2O4S2. The minimum Gasteiger partial charge on any atom is -0.481 e. The molecule has 0 spiro atoms. The van der Waals surface area contributed by atoms with Gasteiger partial charge in [0.1, 0.15) is 9.96 Å². The first kappa shape index (κ1) is 18.7. The number of nitrogens with two attached hydrogens (primary N) is 1. The molecule has 1 heterocycles. The molecule has 0 fully saturated rings. The van der Waals surface area contributed by atoms with E-state index in [9.17, 15) is 13.2 Å². The summed E-state index contributed by atoms with van der Waals surface area (Å²) >= 11 is 6.90. The summed E-state index contributed by atoms with van der Waals surface area (Å²) in [6, 6.07) is 8.17. The van der Waals surface area contributed by atoms with Gasteiger partial charge >= 0.3 is 0 Å². The number of benzene rings is 1. The number of carbonyl (C=O) groups excluding carboxylic acids is 1. The van der Waals surface area contributed by atoms with E-state index in [1.807, 2.05) is 6.92 Å². The molecular weight excluding hydrogens is 372 g/mol. The predicted octanol–water partition coefficient (Wildman–Crippen LogP) is 2.44. The van der Waals surface area contributed by atoms with E-state index in [1.165, 1.54) is 6.07 Å². The number of nitrogens with one attached hydrogen (secondary N) is 1. The quantitative estimate of drug-likeness (QED) is 0.793. The number of halogens is 1. The number of hydrogen-bond acceptors (Lipinski definition) is 5. The van der Waals surface area contributed by atoms with Crippen LogP contribution in [0.25, 0.3) is 0 Å². The Morgan fingerprint density at radius 3 is 2.67 bits per heavy atom. The Labute approximate surface area is 149 Å². The second-order valence-electron chi connectivity index (χ2n) is 5.15.